The first-order chi connectivity index (χ1) is 7.00. The second-order valence-corrected chi connectivity index (χ2v) is 4.34. The van der Waals surface area contributed by atoms with Crippen LogP contribution in [0.1, 0.15) is 6.42 Å². The zero-order chi connectivity index (χ0) is 11.2. The Morgan fingerprint density at radius 3 is 2.40 bits per heavy atom. The summed E-state index contributed by atoms with van der Waals surface area (Å²) in [4.78, 5) is 12.4. The van der Waals surface area contributed by atoms with Crippen molar-refractivity contribution < 1.29 is 25.2 Å². The minimum atomic E-state index is -0.977. The van der Waals surface area contributed by atoms with E-state index in [9.17, 15) is 20.1 Å². The highest BCUT2D eigenvalue weighted by Gasteiger charge is 2.48. The highest BCUT2D eigenvalue weighted by molar-refractivity contribution is 5.70. The van der Waals surface area contributed by atoms with Crippen LogP contribution < -0.4 is 0 Å². The van der Waals surface area contributed by atoms with Crippen LogP contribution in [0.25, 0.3) is 0 Å². The van der Waals surface area contributed by atoms with Crippen LogP contribution in [0.4, 0.5) is 0 Å². The van der Waals surface area contributed by atoms with Gasteiger partial charge in [0.25, 0.3) is 0 Å². The fraction of sp³-hybridized carbons (Fsp3) is 0.889. The summed E-state index contributed by atoms with van der Waals surface area (Å²) in [6.45, 7) is 0.512. The maximum absolute atomic E-state index is 10.8. The van der Waals surface area contributed by atoms with E-state index >= 15 is 0 Å². The highest BCUT2D eigenvalue weighted by atomic mass is 16.4. The van der Waals surface area contributed by atoms with Crippen molar-refractivity contribution in [1.29, 1.82) is 0 Å². The van der Waals surface area contributed by atoms with Gasteiger partial charge < -0.3 is 20.4 Å². The molecule has 0 saturated carbocycles. The highest BCUT2D eigenvalue weighted by Crippen LogP contribution is 2.30. The molecule has 0 aromatic rings. The standard InChI is InChI=1S/C9H15NO5/c11-5-1-4(9(14)15)2-10-3-6(12)8(13)7(5)10/h4-8,11-13H,1-3H2,(H,14,15)/t4?,5-,6-,7-,8-/m1/s1. The molecular weight excluding hydrogens is 202 g/mol. The average Bonchev–Trinajstić information content (AvgIpc) is 2.42. The first-order valence-corrected chi connectivity index (χ1v) is 5.01. The number of nitrogens with zero attached hydrogens (tertiary/aromatic N) is 1. The number of rotatable bonds is 1. The first kappa shape index (κ1) is 10.8. The topological polar surface area (TPSA) is 101 Å². The largest absolute Gasteiger partial charge is 0.481 e. The van der Waals surface area contributed by atoms with E-state index in [1.54, 1.807) is 4.90 Å². The molecule has 2 fully saturated rings. The zero-order valence-electron chi connectivity index (χ0n) is 8.15. The predicted octanol–water partition coefficient (Wildman–Crippen LogP) is -2.14. The maximum atomic E-state index is 10.8. The van der Waals surface area contributed by atoms with Crippen molar-refractivity contribution in [3.05, 3.63) is 0 Å². The quantitative estimate of drug-likeness (QED) is 0.400. The summed E-state index contributed by atoms with van der Waals surface area (Å²) in [7, 11) is 0. The second-order valence-electron chi connectivity index (χ2n) is 4.34. The lowest BCUT2D eigenvalue weighted by Crippen LogP contribution is -2.53. The van der Waals surface area contributed by atoms with E-state index in [4.69, 9.17) is 5.11 Å². The normalized spacial score (nSPS) is 46.5. The van der Waals surface area contributed by atoms with Crippen molar-refractivity contribution in [3.8, 4) is 0 Å². The van der Waals surface area contributed by atoms with Crippen molar-refractivity contribution in [2.75, 3.05) is 13.1 Å². The van der Waals surface area contributed by atoms with E-state index in [1.165, 1.54) is 0 Å². The van der Waals surface area contributed by atoms with Gasteiger partial charge in [-0.25, -0.2) is 0 Å². The maximum Gasteiger partial charge on any atom is 0.307 e. The fourth-order valence-electron chi connectivity index (χ4n) is 2.55. The smallest absolute Gasteiger partial charge is 0.307 e. The van der Waals surface area contributed by atoms with Gasteiger partial charge >= 0.3 is 5.97 Å². The summed E-state index contributed by atoms with van der Waals surface area (Å²) in [5, 5.41) is 37.6. The zero-order valence-corrected chi connectivity index (χ0v) is 8.15. The number of fused-ring (bicyclic) bond motifs is 1. The fourth-order valence-corrected chi connectivity index (χ4v) is 2.55. The van der Waals surface area contributed by atoms with E-state index in [-0.39, 0.29) is 19.5 Å². The molecule has 0 radical (unpaired) electrons. The summed E-state index contributed by atoms with van der Waals surface area (Å²) in [6, 6.07) is -0.518. The minimum Gasteiger partial charge on any atom is -0.481 e. The number of hydrogen-bond acceptors (Lipinski definition) is 5. The monoisotopic (exact) mass is 217 g/mol. The van der Waals surface area contributed by atoms with Gasteiger partial charge in [0.2, 0.25) is 0 Å². The lowest BCUT2D eigenvalue weighted by atomic mass is 9.89. The Balaban J connectivity index is 2.12. The van der Waals surface area contributed by atoms with Gasteiger partial charge in [-0.15, -0.1) is 0 Å². The number of aliphatic hydroxyl groups is 3. The number of carboxylic acids is 1. The van der Waals surface area contributed by atoms with Crippen LogP contribution >= 0.6 is 0 Å². The molecule has 2 heterocycles. The number of carbonyl (C=O) groups is 1. The van der Waals surface area contributed by atoms with Gasteiger partial charge in [0, 0.05) is 13.1 Å². The third-order valence-electron chi connectivity index (χ3n) is 3.31. The van der Waals surface area contributed by atoms with Crippen LogP contribution in [0, 0.1) is 5.92 Å². The molecule has 0 bridgehead atoms. The summed E-state index contributed by atoms with van der Waals surface area (Å²) in [5.41, 5.74) is 0. The Morgan fingerprint density at radius 1 is 1.13 bits per heavy atom. The van der Waals surface area contributed by atoms with Crippen molar-refractivity contribution in [2.24, 2.45) is 5.92 Å². The molecule has 0 aliphatic carbocycles. The molecule has 2 rings (SSSR count). The first-order valence-electron chi connectivity index (χ1n) is 5.01. The summed E-state index contributed by atoms with van der Waals surface area (Å²) < 4.78 is 0. The minimum absolute atomic E-state index is 0.139. The van der Waals surface area contributed by atoms with Gasteiger partial charge in [0.1, 0.15) is 0 Å². The van der Waals surface area contributed by atoms with Crippen LogP contribution in [0.15, 0.2) is 0 Å². The van der Waals surface area contributed by atoms with Gasteiger partial charge in [-0.1, -0.05) is 0 Å². The molecule has 0 spiro atoms. The number of hydrogen-bond donors (Lipinski definition) is 4. The lowest BCUT2D eigenvalue weighted by Gasteiger charge is -2.37. The molecule has 4 N–H and O–H groups in total. The molecule has 5 atom stereocenters. The lowest BCUT2D eigenvalue weighted by molar-refractivity contribution is -0.147. The molecule has 2 aliphatic heterocycles. The summed E-state index contributed by atoms with van der Waals surface area (Å²) in [5.74, 6) is -1.56. The average molecular weight is 217 g/mol. The third kappa shape index (κ3) is 1.74. The number of carboxylic acid groups (broad SMARTS) is 1. The van der Waals surface area contributed by atoms with Gasteiger partial charge in [0.15, 0.2) is 0 Å². The van der Waals surface area contributed by atoms with Gasteiger partial charge in [-0.05, 0) is 6.42 Å². The van der Waals surface area contributed by atoms with Crippen LogP contribution in [0.5, 0.6) is 0 Å². The summed E-state index contributed by atoms with van der Waals surface area (Å²) >= 11 is 0. The Labute approximate surface area is 86.7 Å². The van der Waals surface area contributed by atoms with E-state index in [0.717, 1.165) is 0 Å². The van der Waals surface area contributed by atoms with Crippen LogP contribution in [-0.2, 0) is 4.79 Å². The molecule has 2 saturated heterocycles. The van der Waals surface area contributed by atoms with E-state index in [2.05, 4.69) is 0 Å². The van der Waals surface area contributed by atoms with Crippen molar-refractivity contribution >= 4 is 5.97 Å². The third-order valence-corrected chi connectivity index (χ3v) is 3.31. The molecule has 15 heavy (non-hydrogen) atoms. The second kappa shape index (κ2) is 3.71. The molecule has 1 unspecified atom stereocenters. The van der Waals surface area contributed by atoms with E-state index in [0.29, 0.717) is 0 Å². The van der Waals surface area contributed by atoms with E-state index in [1.807, 2.05) is 0 Å². The Bertz CT molecular complexity index is 271. The molecule has 0 aromatic heterocycles. The molecule has 6 nitrogen and oxygen atoms in total. The molecule has 0 amide bonds. The SMILES string of the molecule is O=C(O)C1C[C@@H](O)[C@@H]2[C@H](O)[C@H](O)CN2C1. The number of aliphatic carboxylic acids is 1. The van der Waals surface area contributed by atoms with Crippen molar-refractivity contribution in [2.45, 2.75) is 30.8 Å². The summed E-state index contributed by atoms with van der Waals surface area (Å²) in [6.07, 6.45) is -2.61. The van der Waals surface area contributed by atoms with Gasteiger partial charge in [-0.3, -0.25) is 9.69 Å². The molecule has 0 aromatic carbocycles. The van der Waals surface area contributed by atoms with E-state index < -0.39 is 36.2 Å². The van der Waals surface area contributed by atoms with Crippen LogP contribution in [0.2, 0.25) is 0 Å². The predicted molar refractivity (Wildman–Crippen MR) is 49.1 cm³/mol. The molecule has 2 aliphatic rings. The van der Waals surface area contributed by atoms with Crippen molar-refractivity contribution in [3.63, 3.8) is 0 Å². The van der Waals surface area contributed by atoms with Gasteiger partial charge in [0.05, 0.1) is 30.3 Å². The Kier molecular flexibility index (Phi) is 2.68. The Hall–Kier alpha value is -0.690. The molecule has 86 valence electrons. The number of piperidine rings is 1. The molecule has 6 heteroatoms. The van der Waals surface area contributed by atoms with Crippen LogP contribution in [0.3, 0.4) is 0 Å². The molecular formula is C9H15NO5. The Morgan fingerprint density at radius 2 is 1.80 bits per heavy atom. The van der Waals surface area contributed by atoms with Crippen LogP contribution in [-0.4, -0.2) is 68.7 Å². The van der Waals surface area contributed by atoms with Crippen molar-refractivity contribution in [1.82, 2.24) is 4.90 Å². The number of aliphatic hydroxyl groups excluding tert-OH is 3. The van der Waals surface area contributed by atoms with Gasteiger partial charge in [-0.2, -0.15) is 0 Å².